The first kappa shape index (κ1) is 22.9. The normalized spacial score (nSPS) is 14.8. The molecule has 2 amide bonds. The molecule has 0 heterocycles. The summed E-state index contributed by atoms with van der Waals surface area (Å²) in [6.45, 7) is 6.20. The summed E-state index contributed by atoms with van der Waals surface area (Å²) in [5, 5.41) is 3.13. The number of benzene rings is 2. The van der Waals surface area contributed by atoms with Gasteiger partial charge in [-0.1, -0.05) is 55.3 Å². The SMILES string of the molecule is Cc1cccc(OCC(=O)N(CCc2ccccc2)[C@@H](C)C(=O)NC2CCCC2)c1C. The molecule has 0 radical (unpaired) electrons. The monoisotopic (exact) mass is 422 g/mol. The van der Waals surface area contributed by atoms with Crippen LogP contribution in [0.5, 0.6) is 5.75 Å². The van der Waals surface area contributed by atoms with Crippen LogP contribution in [0.25, 0.3) is 0 Å². The van der Waals surface area contributed by atoms with E-state index < -0.39 is 6.04 Å². The number of hydrogen-bond donors (Lipinski definition) is 1. The van der Waals surface area contributed by atoms with E-state index >= 15 is 0 Å². The number of hydrogen-bond acceptors (Lipinski definition) is 3. The van der Waals surface area contributed by atoms with Gasteiger partial charge in [0.15, 0.2) is 6.61 Å². The third kappa shape index (κ3) is 6.33. The lowest BCUT2D eigenvalue weighted by molar-refractivity contribution is -0.141. The van der Waals surface area contributed by atoms with Crippen LogP contribution in [-0.4, -0.2) is 41.9 Å². The van der Waals surface area contributed by atoms with Gasteiger partial charge >= 0.3 is 0 Å². The Kier molecular flexibility index (Phi) is 8.10. The molecule has 1 aliphatic carbocycles. The molecule has 0 aliphatic heterocycles. The molecule has 1 saturated carbocycles. The van der Waals surface area contributed by atoms with Gasteiger partial charge in [0, 0.05) is 12.6 Å². The second-order valence-corrected chi connectivity index (χ2v) is 8.48. The summed E-state index contributed by atoms with van der Waals surface area (Å²) in [5.74, 6) is 0.449. The first-order valence-corrected chi connectivity index (χ1v) is 11.3. The summed E-state index contributed by atoms with van der Waals surface area (Å²) in [5.41, 5.74) is 3.28. The minimum absolute atomic E-state index is 0.0832. The molecule has 0 aromatic heterocycles. The predicted octanol–water partition coefficient (Wildman–Crippen LogP) is 4.20. The van der Waals surface area contributed by atoms with E-state index in [1.54, 1.807) is 4.90 Å². The molecular weight excluding hydrogens is 388 g/mol. The van der Waals surface area contributed by atoms with Gasteiger partial charge in [0.2, 0.25) is 5.91 Å². The van der Waals surface area contributed by atoms with Crippen LogP contribution in [0.2, 0.25) is 0 Å². The Morgan fingerprint density at radius 2 is 1.77 bits per heavy atom. The molecule has 0 saturated heterocycles. The molecule has 3 rings (SSSR count). The Morgan fingerprint density at radius 1 is 1.06 bits per heavy atom. The molecular formula is C26H34N2O3. The van der Waals surface area contributed by atoms with Crippen molar-refractivity contribution in [3.63, 3.8) is 0 Å². The van der Waals surface area contributed by atoms with Crippen molar-refractivity contribution >= 4 is 11.8 Å². The Morgan fingerprint density at radius 3 is 2.48 bits per heavy atom. The van der Waals surface area contributed by atoms with Crippen molar-refractivity contribution in [2.75, 3.05) is 13.2 Å². The molecule has 0 spiro atoms. The highest BCUT2D eigenvalue weighted by Crippen LogP contribution is 2.21. The number of nitrogens with zero attached hydrogens (tertiary/aromatic N) is 1. The Labute approximate surface area is 185 Å². The highest BCUT2D eigenvalue weighted by atomic mass is 16.5. The topological polar surface area (TPSA) is 58.6 Å². The third-order valence-corrected chi connectivity index (χ3v) is 6.26. The number of carbonyl (C=O) groups excluding carboxylic acids is 2. The van der Waals surface area contributed by atoms with E-state index in [1.807, 2.05) is 69.3 Å². The van der Waals surface area contributed by atoms with E-state index in [1.165, 1.54) is 0 Å². The van der Waals surface area contributed by atoms with E-state index in [9.17, 15) is 9.59 Å². The van der Waals surface area contributed by atoms with Crippen molar-refractivity contribution in [1.82, 2.24) is 10.2 Å². The molecule has 0 unspecified atom stereocenters. The van der Waals surface area contributed by atoms with Crippen LogP contribution in [0.15, 0.2) is 48.5 Å². The lowest BCUT2D eigenvalue weighted by Crippen LogP contribution is -2.51. The van der Waals surface area contributed by atoms with E-state index in [4.69, 9.17) is 4.74 Å². The first-order chi connectivity index (χ1) is 15.0. The van der Waals surface area contributed by atoms with Crippen molar-refractivity contribution in [3.05, 3.63) is 65.2 Å². The molecule has 0 bridgehead atoms. The molecule has 2 aromatic rings. The van der Waals surface area contributed by atoms with Crippen LogP contribution in [0.1, 0.15) is 49.3 Å². The van der Waals surface area contributed by atoms with Crippen LogP contribution in [0.3, 0.4) is 0 Å². The van der Waals surface area contributed by atoms with E-state index in [0.29, 0.717) is 18.7 Å². The van der Waals surface area contributed by atoms with Crippen LogP contribution in [0, 0.1) is 13.8 Å². The smallest absolute Gasteiger partial charge is 0.261 e. The second kappa shape index (κ2) is 11.0. The zero-order valence-electron chi connectivity index (χ0n) is 18.9. The Hall–Kier alpha value is -2.82. The average molecular weight is 423 g/mol. The number of aryl methyl sites for hydroxylation is 1. The van der Waals surface area contributed by atoms with Crippen molar-refractivity contribution in [2.45, 2.75) is 65.0 Å². The summed E-state index contributed by atoms with van der Waals surface area (Å²) in [4.78, 5) is 27.7. The highest BCUT2D eigenvalue weighted by molar-refractivity contribution is 5.88. The molecule has 166 valence electrons. The van der Waals surface area contributed by atoms with Gasteiger partial charge in [0.05, 0.1) is 0 Å². The Balaban J connectivity index is 1.67. The fourth-order valence-electron chi connectivity index (χ4n) is 4.06. The number of amides is 2. The summed E-state index contributed by atoms with van der Waals surface area (Å²) < 4.78 is 5.85. The average Bonchev–Trinajstić information content (AvgIpc) is 3.28. The van der Waals surface area contributed by atoms with Gasteiger partial charge in [-0.15, -0.1) is 0 Å². The van der Waals surface area contributed by atoms with Crippen LogP contribution in [0.4, 0.5) is 0 Å². The molecule has 1 aliphatic rings. The predicted molar refractivity (Wildman–Crippen MR) is 123 cm³/mol. The van der Waals surface area contributed by atoms with E-state index in [2.05, 4.69) is 5.32 Å². The minimum atomic E-state index is -0.543. The van der Waals surface area contributed by atoms with Crippen molar-refractivity contribution in [3.8, 4) is 5.75 Å². The van der Waals surface area contributed by atoms with Crippen LogP contribution >= 0.6 is 0 Å². The van der Waals surface area contributed by atoms with Crippen LogP contribution < -0.4 is 10.1 Å². The lowest BCUT2D eigenvalue weighted by Gasteiger charge is -2.29. The third-order valence-electron chi connectivity index (χ3n) is 6.26. The number of rotatable bonds is 9. The maximum Gasteiger partial charge on any atom is 0.261 e. The summed E-state index contributed by atoms with van der Waals surface area (Å²) in [6, 6.07) is 15.5. The fourth-order valence-corrected chi connectivity index (χ4v) is 4.06. The lowest BCUT2D eigenvalue weighted by atomic mass is 10.1. The van der Waals surface area contributed by atoms with Gasteiger partial charge in [-0.25, -0.2) is 0 Å². The second-order valence-electron chi connectivity index (χ2n) is 8.48. The number of carbonyl (C=O) groups is 2. The van der Waals surface area contributed by atoms with Crippen molar-refractivity contribution < 1.29 is 14.3 Å². The molecule has 1 atom stereocenters. The highest BCUT2D eigenvalue weighted by Gasteiger charge is 2.28. The molecule has 31 heavy (non-hydrogen) atoms. The fraction of sp³-hybridized carbons (Fsp3) is 0.462. The summed E-state index contributed by atoms with van der Waals surface area (Å²) in [6.07, 6.45) is 5.04. The van der Waals surface area contributed by atoms with Crippen molar-refractivity contribution in [1.29, 1.82) is 0 Å². The van der Waals surface area contributed by atoms with Gasteiger partial charge in [0.1, 0.15) is 11.8 Å². The van der Waals surface area contributed by atoms with Gasteiger partial charge in [0.25, 0.3) is 5.91 Å². The molecule has 1 N–H and O–H groups in total. The maximum atomic E-state index is 13.1. The standard InChI is InChI=1S/C26H34N2O3/c1-19-10-9-15-24(20(19)2)31-18-25(29)28(17-16-22-11-5-4-6-12-22)21(3)26(30)27-23-13-7-8-14-23/h4-6,9-12,15,21,23H,7-8,13-14,16-18H2,1-3H3,(H,27,30)/t21-/m0/s1. The molecule has 5 heteroatoms. The quantitative estimate of drug-likeness (QED) is 0.659. The zero-order chi connectivity index (χ0) is 22.2. The van der Waals surface area contributed by atoms with E-state index in [-0.39, 0.29) is 24.5 Å². The van der Waals surface area contributed by atoms with Gasteiger partial charge in [-0.2, -0.15) is 0 Å². The van der Waals surface area contributed by atoms with E-state index in [0.717, 1.165) is 42.4 Å². The largest absolute Gasteiger partial charge is 0.483 e. The Bertz CT molecular complexity index is 875. The molecule has 2 aromatic carbocycles. The minimum Gasteiger partial charge on any atom is -0.483 e. The number of ether oxygens (including phenoxy) is 1. The number of nitrogens with one attached hydrogen (secondary N) is 1. The summed E-state index contributed by atoms with van der Waals surface area (Å²) >= 11 is 0. The van der Waals surface area contributed by atoms with Gasteiger partial charge in [-0.05, 0) is 62.8 Å². The summed E-state index contributed by atoms with van der Waals surface area (Å²) in [7, 11) is 0. The molecule has 1 fully saturated rings. The van der Waals surface area contributed by atoms with Crippen molar-refractivity contribution in [2.24, 2.45) is 0 Å². The maximum absolute atomic E-state index is 13.1. The first-order valence-electron chi connectivity index (χ1n) is 11.3. The van der Waals surface area contributed by atoms with Gasteiger partial charge in [-0.3, -0.25) is 9.59 Å². The molecule has 5 nitrogen and oxygen atoms in total. The van der Waals surface area contributed by atoms with Crippen LogP contribution in [-0.2, 0) is 16.0 Å². The van der Waals surface area contributed by atoms with Gasteiger partial charge < -0.3 is 15.0 Å². The zero-order valence-corrected chi connectivity index (χ0v) is 18.9.